The standard InChI is InChI=1S/C48H31F3S/c1-3-31(45-36-22-12-14-24-38(36)47(48(49,50)51)39-25-15-13-23-37(39)45)46-40-28-30(26-27-42(40)52-41(46)4-2)44-34-20-10-8-18-32(34)43(29-16-6-5-7-17-29)33-19-9-11-21-35(33)44/h3-28H,2H2,1H3/b31-3-. The Balaban J connectivity index is 1.36. The highest BCUT2D eigenvalue weighted by Crippen LogP contribution is 2.49. The van der Waals surface area contributed by atoms with Crippen LogP contribution in [0.2, 0.25) is 0 Å². The molecule has 0 N–H and O–H groups in total. The lowest BCUT2D eigenvalue weighted by molar-refractivity contribution is -0.135. The molecule has 0 bridgehead atoms. The number of hydrogen-bond donors (Lipinski definition) is 0. The van der Waals surface area contributed by atoms with Crippen molar-refractivity contribution in [1.29, 1.82) is 0 Å². The molecule has 0 atom stereocenters. The first kappa shape index (κ1) is 32.0. The number of allylic oxidation sites excluding steroid dienone is 1. The fraction of sp³-hybridized carbons (Fsp3) is 0.0417. The molecule has 0 aliphatic rings. The Labute approximate surface area is 303 Å². The first-order chi connectivity index (χ1) is 25.4. The van der Waals surface area contributed by atoms with Gasteiger partial charge in [-0.25, -0.2) is 0 Å². The molecule has 0 fully saturated rings. The van der Waals surface area contributed by atoms with Gasteiger partial charge in [-0.15, -0.1) is 11.3 Å². The molecule has 0 spiro atoms. The van der Waals surface area contributed by atoms with Crippen LogP contribution in [0.15, 0.2) is 158 Å². The predicted molar refractivity (Wildman–Crippen MR) is 217 cm³/mol. The van der Waals surface area contributed by atoms with Crippen molar-refractivity contribution in [2.45, 2.75) is 13.1 Å². The van der Waals surface area contributed by atoms with Gasteiger partial charge in [0.25, 0.3) is 0 Å². The first-order valence-corrected chi connectivity index (χ1v) is 18.1. The van der Waals surface area contributed by atoms with E-state index in [0.717, 1.165) is 53.6 Å². The summed E-state index contributed by atoms with van der Waals surface area (Å²) in [5.41, 5.74) is 6.65. The molecule has 4 heteroatoms. The molecular formula is C48H31F3S. The van der Waals surface area contributed by atoms with E-state index in [1.807, 2.05) is 49.4 Å². The molecule has 0 aliphatic heterocycles. The van der Waals surface area contributed by atoms with Crippen molar-refractivity contribution in [3.8, 4) is 22.3 Å². The fourth-order valence-corrected chi connectivity index (χ4v) is 9.24. The second-order valence-corrected chi connectivity index (χ2v) is 14.1. The van der Waals surface area contributed by atoms with Crippen LogP contribution in [0.3, 0.4) is 0 Å². The summed E-state index contributed by atoms with van der Waals surface area (Å²) in [7, 11) is 0. The van der Waals surface area contributed by atoms with Gasteiger partial charge < -0.3 is 0 Å². The third-order valence-corrected chi connectivity index (χ3v) is 11.4. The van der Waals surface area contributed by atoms with E-state index < -0.39 is 11.7 Å². The molecular weight excluding hydrogens is 666 g/mol. The molecule has 52 heavy (non-hydrogen) atoms. The molecule has 1 aromatic heterocycles. The predicted octanol–water partition coefficient (Wildman–Crippen LogP) is 15.0. The van der Waals surface area contributed by atoms with Crippen molar-refractivity contribution >= 4 is 76.2 Å². The van der Waals surface area contributed by atoms with E-state index in [1.54, 1.807) is 35.6 Å². The second-order valence-electron chi connectivity index (χ2n) is 13.0. The van der Waals surface area contributed by atoms with E-state index in [-0.39, 0.29) is 10.8 Å². The average Bonchev–Trinajstić information content (AvgIpc) is 3.54. The second kappa shape index (κ2) is 12.4. The zero-order valence-corrected chi connectivity index (χ0v) is 29.1. The first-order valence-electron chi connectivity index (χ1n) is 17.2. The lowest BCUT2D eigenvalue weighted by Crippen LogP contribution is -2.08. The van der Waals surface area contributed by atoms with Gasteiger partial charge in [0.15, 0.2) is 0 Å². The molecule has 0 saturated heterocycles. The third kappa shape index (κ3) is 4.90. The molecule has 0 amide bonds. The smallest absolute Gasteiger partial charge is 0.166 e. The van der Waals surface area contributed by atoms with Crippen LogP contribution in [-0.4, -0.2) is 0 Å². The molecule has 0 nitrogen and oxygen atoms in total. The molecule has 0 radical (unpaired) electrons. The van der Waals surface area contributed by atoms with Gasteiger partial charge >= 0.3 is 6.18 Å². The zero-order chi connectivity index (χ0) is 35.6. The van der Waals surface area contributed by atoms with Crippen molar-refractivity contribution in [3.05, 3.63) is 180 Å². The van der Waals surface area contributed by atoms with Crippen LogP contribution in [0.1, 0.15) is 28.5 Å². The normalized spacial score (nSPS) is 12.4. The summed E-state index contributed by atoms with van der Waals surface area (Å²) in [5.74, 6) is 0. The largest absolute Gasteiger partial charge is 0.417 e. The number of alkyl halides is 3. The van der Waals surface area contributed by atoms with Gasteiger partial charge in [0, 0.05) is 20.5 Å². The van der Waals surface area contributed by atoms with Gasteiger partial charge in [0.05, 0.1) is 5.56 Å². The topological polar surface area (TPSA) is 0 Å². The van der Waals surface area contributed by atoms with Gasteiger partial charge in [-0.3, -0.25) is 0 Å². The maximum Gasteiger partial charge on any atom is 0.417 e. The van der Waals surface area contributed by atoms with Gasteiger partial charge in [0.1, 0.15) is 0 Å². The minimum Gasteiger partial charge on any atom is -0.166 e. The van der Waals surface area contributed by atoms with Crippen LogP contribution in [-0.2, 0) is 6.18 Å². The summed E-state index contributed by atoms with van der Waals surface area (Å²) in [5, 5.41) is 7.24. The van der Waals surface area contributed by atoms with Crippen LogP contribution < -0.4 is 0 Å². The molecule has 8 aromatic carbocycles. The van der Waals surface area contributed by atoms with Crippen LogP contribution in [0.5, 0.6) is 0 Å². The Bertz CT molecular complexity index is 2790. The molecule has 1 heterocycles. The summed E-state index contributed by atoms with van der Waals surface area (Å²) in [6.45, 7) is 6.18. The minimum absolute atomic E-state index is 0.194. The van der Waals surface area contributed by atoms with Gasteiger partial charge in [-0.05, 0) is 95.5 Å². The highest BCUT2D eigenvalue weighted by Gasteiger charge is 2.36. The number of rotatable bonds is 5. The zero-order valence-electron chi connectivity index (χ0n) is 28.3. The molecule has 0 unspecified atom stereocenters. The highest BCUT2D eigenvalue weighted by atomic mass is 32.1. The lowest BCUT2D eigenvalue weighted by atomic mass is 9.84. The van der Waals surface area contributed by atoms with Gasteiger partial charge in [-0.2, -0.15) is 13.2 Å². The van der Waals surface area contributed by atoms with Crippen molar-refractivity contribution in [3.63, 3.8) is 0 Å². The number of fused-ring (bicyclic) bond motifs is 5. The highest BCUT2D eigenvalue weighted by molar-refractivity contribution is 7.20. The summed E-state index contributed by atoms with van der Waals surface area (Å²) < 4.78 is 45.4. The maximum atomic E-state index is 14.8. The van der Waals surface area contributed by atoms with Crippen LogP contribution >= 0.6 is 11.3 Å². The number of benzene rings is 8. The maximum absolute atomic E-state index is 14.8. The van der Waals surface area contributed by atoms with Crippen LogP contribution in [0.4, 0.5) is 13.2 Å². The van der Waals surface area contributed by atoms with E-state index in [4.69, 9.17) is 0 Å². The summed E-state index contributed by atoms with van der Waals surface area (Å²) in [4.78, 5) is 0.974. The third-order valence-electron chi connectivity index (χ3n) is 10.2. The number of hydrogen-bond acceptors (Lipinski definition) is 1. The van der Waals surface area contributed by atoms with E-state index >= 15 is 0 Å². The van der Waals surface area contributed by atoms with E-state index in [0.29, 0.717) is 10.8 Å². The van der Waals surface area contributed by atoms with Crippen molar-refractivity contribution in [2.24, 2.45) is 0 Å². The Morgan fingerprint density at radius 3 is 1.46 bits per heavy atom. The molecule has 9 aromatic rings. The summed E-state index contributed by atoms with van der Waals surface area (Å²) >= 11 is 1.65. The van der Waals surface area contributed by atoms with Crippen molar-refractivity contribution in [1.82, 2.24) is 0 Å². The lowest BCUT2D eigenvalue weighted by Gasteiger charge is -2.21. The summed E-state index contributed by atoms with van der Waals surface area (Å²) in [6, 6.07) is 48.2. The fourth-order valence-electron chi connectivity index (χ4n) is 8.19. The van der Waals surface area contributed by atoms with Crippen LogP contribution in [0.25, 0.3) is 87.1 Å². The average molecular weight is 697 g/mol. The van der Waals surface area contributed by atoms with Crippen LogP contribution in [0, 0.1) is 0 Å². The minimum atomic E-state index is -4.52. The molecule has 0 saturated carbocycles. The van der Waals surface area contributed by atoms with E-state index in [1.165, 1.54) is 21.9 Å². The molecule has 9 rings (SSSR count). The van der Waals surface area contributed by atoms with E-state index in [9.17, 15) is 13.2 Å². The Morgan fingerprint density at radius 1 is 0.519 bits per heavy atom. The molecule has 0 aliphatic carbocycles. The Morgan fingerprint density at radius 2 is 0.981 bits per heavy atom. The SMILES string of the molecule is C=Cc1sc2ccc(-c3c4ccccc4c(-c4ccccc4)c4ccccc34)cc2c1/C(=C\C)c1c2ccccc2c(C(F)(F)F)c2ccccc12. The Kier molecular flexibility index (Phi) is 7.60. The molecule has 250 valence electrons. The summed E-state index contributed by atoms with van der Waals surface area (Å²) in [6.07, 6.45) is -0.606. The number of thiophene rings is 1. The Hall–Kier alpha value is -5.97. The quantitative estimate of drug-likeness (QED) is 0.157. The van der Waals surface area contributed by atoms with Gasteiger partial charge in [0.2, 0.25) is 0 Å². The van der Waals surface area contributed by atoms with Gasteiger partial charge in [-0.1, -0.05) is 152 Å². The van der Waals surface area contributed by atoms with Crippen molar-refractivity contribution < 1.29 is 13.2 Å². The number of halogens is 3. The van der Waals surface area contributed by atoms with E-state index in [2.05, 4.69) is 97.6 Å². The monoisotopic (exact) mass is 696 g/mol. The van der Waals surface area contributed by atoms with Crippen molar-refractivity contribution in [2.75, 3.05) is 0 Å².